The molecule has 0 spiro atoms. The molecule has 2 fully saturated rings. The van der Waals surface area contributed by atoms with Gasteiger partial charge in [-0.05, 0) is 46.1 Å². The van der Waals surface area contributed by atoms with Gasteiger partial charge >= 0.3 is 0 Å². The Morgan fingerprint density at radius 1 is 1.18 bits per heavy atom. The van der Waals surface area contributed by atoms with Crippen LogP contribution in [0.2, 0.25) is 0 Å². The topological polar surface area (TPSA) is 26.7 Å². The van der Waals surface area contributed by atoms with Crippen molar-refractivity contribution in [3.05, 3.63) is 0 Å². The van der Waals surface area contributed by atoms with Gasteiger partial charge in [0.25, 0.3) is 0 Å². The maximum Gasteiger partial charge on any atom is 0.0664 e. The molecule has 1 N–H and O–H groups in total. The fourth-order valence-electron chi connectivity index (χ4n) is 3.62. The Kier molecular flexibility index (Phi) is 4.45. The van der Waals surface area contributed by atoms with Crippen LogP contribution in [0.5, 0.6) is 0 Å². The van der Waals surface area contributed by atoms with Crippen molar-refractivity contribution in [2.45, 2.75) is 70.7 Å². The standard InChI is InChI=1S/C14H28N2O/c1-4-14(17)10-15-8-7-12-5-6-13(9-15)16(12)11(2)3/h11-14,17H,4-10H2,1-3H3/t12?,13?,14-/m1/s1. The van der Waals surface area contributed by atoms with Crippen molar-refractivity contribution < 1.29 is 5.11 Å². The third-order valence-electron chi connectivity index (χ3n) is 4.46. The van der Waals surface area contributed by atoms with Crippen LogP contribution in [0.15, 0.2) is 0 Å². The molecule has 2 saturated heterocycles. The first-order chi connectivity index (χ1) is 8.11. The van der Waals surface area contributed by atoms with Gasteiger partial charge in [-0.25, -0.2) is 0 Å². The van der Waals surface area contributed by atoms with E-state index in [-0.39, 0.29) is 6.10 Å². The third-order valence-corrected chi connectivity index (χ3v) is 4.46. The molecule has 0 saturated carbocycles. The van der Waals surface area contributed by atoms with Gasteiger partial charge in [-0.1, -0.05) is 6.92 Å². The summed E-state index contributed by atoms with van der Waals surface area (Å²) < 4.78 is 0. The highest BCUT2D eigenvalue weighted by Crippen LogP contribution is 2.31. The van der Waals surface area contributed by atoms with E-state index in [0.29, 0.717) is 6.04 Å². The number of likely N-dealkylation sites (tertiary alicyclic amines) is 1. The first kappa shape index (κ1) is 13.3. The van der Waals surface area contributed by atoms with Crippen LogP contribution in [-0.2, 0) is 0 Å². The van der Waals surface area contributed by atoms with Crippen LogP contribution in [-0.4, -0.2) is 58.8 Å². The lowest BCUT2D eigenvalue weighted by Gasteiger charge is -2.32. The SMILES string of the molecule is CC[C@@H](O)CN1CCC2CCC(C1)N2C(C)C. The second-order valence-corrected chi connectivity index (χ2v) is 6.04. The summed E-state index contributed by atoms with van der Waals surface area (Å²) in [6.07, 6.45) is 4.75. The molecule has 2 unspecified atom stereocenters. The van der Waals surface area contributed by atoms with Crippen molar-refractivity contribution in [1.82, 2.24) is 9.80 Å². The average Bonchev–Trinajstić information content (AvgIpc) is 2.57. The van der Waals surface area contributed by atoms with E-state index in [4.69, 9.17) is 0 Å². The number of nitrogens with zero attached hydrogens (tertiary/aromatic N) is 2. The second-order valence-electron chi connectivity index (χ2n) is 6.04. The molecular formula is C14H28N2O. The number of aliphatic hydroxyl groups excluding tert-OH is 1. The molecule has 2 aliphatic rings. The number of hydrogen-bond acceptors (Lipinski definition) is 3. The zero-order valence-corrected chi connectivity index (χ0v) is 11.6. The minimum Gasteiger partial charge on any atom is -0.392 e. The van der Waals surface area contributed by atoms with Crippen molar-refractivity contribution in [2.75, 3.05) is 19.6 Å². The number of aliphatic hydroxyl groups is 1. The van der Waals surface area contributed by atoms with Crippen LogP contribution < -0.4 is 0 Å². The quantitative estimate of drug-likeness (QED) is 0.810. The van der Waals surface area contributed by atoms with E-state index in [2.05, 4.69) is 30.6 Å². The first-order valence-corrected chi connectivity index (χ1v) is 7.29. The van der Waals surface area contributed by atoms with E-state index < -0.39 is 0 Å². The van der Waals surface area contributed by atoms with Gasteiger partial charge in [-0.2, -0.15) is 0 Å². The highest BCUT2D eigenvalue weighted by molar-refractivity contribution is 4.94. The van der Waals surface area contributed by atoms with Crippen molar-refractivity contribution in [3.8, 4) is 0 Å². The summed E-state index contributed by atoms with van der Waals surface area (Å²) in [4.78, 5) is 5.20. The van der Waals surface area contributed by atoms with Gasteiger partial charge in [0.15, 0.2) is 0 Å². The van der Waals surface area contributed by atoms with Crippen LogP contribution in [0.3, 0.4) is 0 Å². The maximum atomic E-state index is 9.79. The lowest BCUT2D eigenvalue weighted by Crippen LogP contribution is -2.44. The van der Waals surface area contributed by atoms with E-state index in [1.54, 1.807) is 0 Å². The largest absolute Gasteiger partial charge is 0.392 e. The van der Waals surface area contributed by atoms with Crippen LogP contribution in [0.1, 0.15) is 46.5 Å². The molecule has 3 nitrogen and oxygen atoms in total. The molecule has 0 radical (unpaired) electrons. The van der Waals surface area contributed by atoms with Gasteiger partial charge in [0.1, 0.15) is 0 Å². The van der Waals surface area contributed by atoms with Crippen molar-refractivity contribution >= 4 is 0 Å². The smallest absolute Gasteiger partial charge is 0.0664 e. The predicted molar refractivity (Wildman–Crippen MR) is 71.1 cm³/mol. The van der Waals surface area contributed by atoms with Crippen molar-refractivity contribution in [1.29, 1.82) is 0 Å². The monoisotopic (exact) mass is 240 g/mol. The minimum absolute atomic E-state index is 0.140. The molecule has 0 aliphatic carbocycles. The highest BCUT2D eigenvalue weighted by atomic mass is 16.3. The Labute approximate surface area is 106 Å². The summed E-state index contributed by atoms with van der Waals surface area (Å²) >= 11 is 0. The molecule has 0 aromatic heterocycles. The lowest BCUT2D eigenvalue weighted by molar-refractivity contribution is 0.0977. The maximum absolute atomic E-state index is 9.79. The molecule has 3 atom stereocenters. The fourth-order valence-corrected chi connectivity index (χ4v) is 3.62. The van der Waals surface area contributed by atoms with Crippen LogP contribution >= 0.6 is 0 Å². The van der Waals surface area contributed by atoms with E-state index >= 15 is 0 Å². The van der Waals surface area contributed by atoms with Gasteiger partial charge < -0.3 is 5.11 Å². The summed E-state index contributed by atoms with van der Waals surface area (Å²) in [5, 5.41) is 9.79. The molecular weight excluding hydrogens is 212 g/mol. The molecule has 0 aromatic carbocycles. The molecule has 2 heterocycles. The second kappa shape index (κ2) is 5.68. The molecule has 0 aromatic rings. The van der Waals surface area contributed by atoms with Gasteiger partial charge in [0.2, 0.25) is 0 Å². The van der Waals surface area contributed by atoms with E-state index in [9.17, 15) is 5.11 Å². The van der Waals surface area contributed by atoms with Crippen molar-refractivity contribution in [3.63, 3.8) is 0 Å². The molecule has 100 valence electrons. The Morgan fingerprint density at radius 3 is 2.53 bits per heavy atom. The zero-order valence-electron chi connectivity index (χ0n) is 11.6. The lowest BCUT2D eigenvalue weighted by atomic mass is 10.1. The van der Waals surface area contributed by atoms with Gasteiger partial charge in [0.05, 0.1) is 6.10 Å². The predicted octanol–water partition coefficient (Wildman–Crippen LogP) is 1.70. The molecule has 0 amide bonds. The third kappa shape index (κ3) is 3.01. The van der Waals surface area contributed by atoms with E-state index in [0.717, 1.165) is 31.6 Å². The highest BCUT2D eigenvalue weighted by Gasteiger charge is 2.38. The Hall–Kier alpha value is -0.120. The summed E-state index contributed by atoms with van der Waals surface area (Å²) in [6.45, 7) is 9.90. The number of fused-ring (bicyclic) bond motifs is 2. The Bertz CT molecular complexity index is 244. The van der Waals surface area contributed by atoms with Crippen molar-refractivity contribution in [2.24, 2.45) is 0 Å². The van der Waals surface area contributed by atoms with E-state index in [1.807, 2.05) is 0 Å². The first-order valence-electron chi connectivity index (χ1n) is 7.29. The van der Waals surface area contributed by atoms with Crippen LogP contribution in [0.25, 0.3) is 0 Å². The van der Waals surface area contributed by atoms with Gasteiger partial charge in [0, 0.05) is 31.2 Å². The summed E-state index contributed by atoms with van der Waals surface area (Å²) in [6, 6.07) is 2.19. The fraction of sp³-hybridized carbons (Fsp3) is 1.00. The molecule has 17 heavy (non-hydrogen) atoms. The number of β-amino-alcohol motifs (C(OH)–C–C–N with tert-alkyl or cyclic N) is 1. The van der Waals surface area contributed by atoms with Crippen LogP contribution in [0.4, 0.5) is 0 Å². The summed E-state index contributed by atoms with van der Waals surface area (Å²) in [5.41, 5.74) is 0. The molecule has 3 heteroatoms. The summed E-state index contributed by atoms with van der Waals surface area (Å²) in [5.74, 6) is 0. The van der Waals surface area contributed by atoms with Gasteiger partial charge in [-0.3, -0.25) is 9.80 Å². The summed E-state index contributed by atoms with van der Waals surface area (Å²) in [7, 11) is 0. The number of hydrogen-bond donors (Lipinski definition) is 1. The molecule has 2 rings (SSSR count). The minimum atomic E-state index is -0.140. The normalized spacial score (nSPS) is 33.0. The molecule has 2 bridgehead atoms. The van der Waals surface area contributed by atoms with Crippen LogP contribution in [0, 0.1) is 0 Å². The Morgan fingerprint density at radius 2 is 1.88 bits per heavy atom. The average molecular weight is 240 g/mol. The van der Waals surface area contributed by atoms with Gasteiger partial charge in [-0.15, -0.1) is 0 Å². The number of rotatable bonds is 4. The van der Waals surface area contributed by atoms with E-state index in [1.165, 1.54) is 25.8 Å². The molecule has 2 aliphatic heterocycles. The zero-order chi connectivity index (χ0) is 12.4. The Balaban J connectivity index is 1.95.